The molecule has 0 heterocycles. The van der Waals surface area contributed by atoms with E-state index in [-0.39, 0.29) is 34.2 Å². The van der Waals surface area contributed by atoms with Gasteiger partial charge in [0.25, 0.3) is 0 Å². The number of halogens is 1. The van der Waals surface area contributed by atoms with Crippen molar-refractivity contribution in [3.05, 3.63) is 29.6 Å². The number of thiocarbonyl (C=S) groups is 1. The Morgan fingerprint density at radius 1 is 1.33 bits per heavy atom. The molecule has 0 unspecified atom stereocenters. The van der Waals surface area contributed by atoms with Crippen molar-refractivity contribution in [3.8, 4) is 0 Å². The van der Waals surface area contributed by atoms with E-state index in [1.807, 2.05) is 0 Å². The fourth-order valence-electron chi connectivity index (χ4n) is 1.48. The molecule has 0 saturated heterocycles. The molecule has 0 bridgehead atoms. The van der Waals surface area contributed by atoms with E-state index in [1.54, 1.807) is 0 Å². The molecular weight excluding hydrogens is 339 g/mol. The second-order valence-electron chi connectivity index (χ2n) is 4.39. The van der Waals surface area contributed by atoms with Gasteiger partial charge >= 0.3 is 0 Å². The second-order valence-corrected chi connectivity index (χ2v) is 8.85. The zero-order valence-electron chi connectivity index (χ0n) is 11.2. The van der Waals surface area contributed by atoms with Crippen molar-refractivity contribution in [1.29, 1.82) is 0 Å². The highest BCUT2D eigenvalue weighted by Gasteiger charge is 2.17. The summed E-state index contributed by atoms with van der Waals surface area (Å²) in [5.74, 6) is -0.838. The molecule has 0 aliphatic rings. The summed E-state index contributed by atoms with van der Waals surface area (Å²) in [5.41, 5.74) is 5.14. The minimum Gasteiger partial charge on any atom is -0.389 e. The third-order valence-corrected chi connectivity index (χ3v) is 5.21. The van der Waals surface area contributed by atoms with Gasteiger partial charge < -0.3 is 5.73 Å². The molecule has 0 atom stereocenters. The minimum absolute atomic E-state index is 0.0464. The zero-order valence-corrected chi connectivity index (χ0v) is 13.6. The average molecular weight is 354 g/mol. The van der Waals surface area contributed by atoms with Crippen molar-refractivity contribution in [2.45, 2.75) is 11.3 Å². The molecule has 0 aliphatic carbocycles. The van der Waals surface area contributed by atoms with E-state index < -0.39 is 25.7 Å². The number of rotatable bonds is 7. The SMILES string of the molecule is CS(=O)(=O)CCCNS(=O)(=O)c1ccc(F)c(C(N)=S)c1. The molecule has 10 heteroatoms. The molecule has 1 aromatic carbocycles. The minimum atomic E-state index is -3.88. The summed E-state index contributed by atoms with van der Waals surface area (Å²) in [4.78, 5) is -0.437. The Hall–Kier alpha value is -1.10. The largest absolute Gasteiger partial charge is 0.389 e. The van der Waals surface area contributed by atoms with Gasteiger partial charge in [0.1, 0.15) is 20.6 Å². The second kappa shape index (κ2) is 6.77. The summed E-state index contributed by atoms with van der Waals surface area (Å²) in [6.07, 6.45) is 1.21. The standard InChI is InChI=1S/C11H15FN2O4S3/c1-20(15,16)6-2-5-14-21(17,18)8-3-4-10(12)9(7-8)11(13)19/h3-4,7,14H,2,5-6H2,1H3,(H2,13,19). The molecular formula is C11H15FN2O4S3. The van der Waals surface area contributed by atoms with Gasteiger partial charge in [-0.3, -0.25) is 0 Å². The van der Waals surface area contributed by atoms with Crippen molar-refractivity contribution in [2.75, 3.05) is 18.6 Å². The molecule has 21 heavy (non-hydrogen) atoms. The van der Waals surface area contributed by atoms with Crippen LogP contribution in [0, 0.1) is 5.82 Å². The van der Waals surface area contributed by atoms with E-state index in [9.17, 15) is 21.2 Å². The summed E-state index contributed by atoms with van der Waals surface area (Å²) in [5, 5.41) is 0. The molecule has 0 aliphatic heterocycles. The average Bonchev–Trinajstić information content (AvgIpc) is 2.33. The molecule has 118 valence electrons. The Kier molecular flexibility index (Phi) is 5.79. The summed E-state index contributed by atoms with van der Waals surface area (Å²) < 4.78 is 61.5. The van der Waals surface area contributed by atoms with Gasteiger partial charge in [0.05, 0.1) is 10.6 Å². The van der Waals surface area contributed by atoms with Crippen LogP contribution in [-0.2, 0) is 19.9 Å². The maximum absolute atomic E-state index is 13.4. The fourth-order valence-corrected chi connectivity index (χ4v) is 3.41. The van der Waals surface area contributed by atoms with Crippen molar-refractivity contribution in [2.24, 2.45) is 5.73 Å². The van der Waals surface area contributed by atoms with Gasteiger partial charge in [-0.2, -0.15) is 0 Å². The Labute approximate surface area is 128 Å². The van der Waals surface area contributed by atoms with Crippen LogP contribution in [0.4, 0.5) is 4.39 Å². The lowest BCUT2D eigenvalue weighted by molar-refractivity contribution is 0.576. The zero-order chi connectivity index (χ0) is 16.3. The normalized spacial score (nSPS) is 12.3. The predicted molar refractivity (Wildman–Crippen MR) is 81.8 cm³/mol. The van der Waals surface area contributed by atoms with Gasteiger partial charge in [-0.1, -0.05) is 12.2 Å². The predicted octanol–water partition coefficient (Wildman–Crippen LogP) is 0.173. The number of nitrogens with one attached hydrogen (secondary N) is 1. The number of benzene rings is 1. The van der Waals surface area contributed by atoms with Crippen LogP contribution in [0.5, 0.6) is 0 Å². The van der Waals surface area contributed by atoms with Gasteiger partial charge in [-0.05, 0) is 24.6 Å². The lowest BCUT2D eigenvalue weighted by Crippen LogP contribution is -2.26. The van der Waals surface area contributed by atoms with Crippen LogP contribution in [0.1, 0.15) is 12.0 Å². The maximum atomic E-state index is 13.4. The van der Waals surface area contributed by atoms with Crippen LogP contribution in [0.3, 0.4) is 0 Å². The Balaban J connectivity index is 2.84. The van der Waals surface area contributed by atoms with Crippen LogP contribution in [0.25, 0.3) is 0 Å². The lowest BCUT2D eigenvalue weighted by Gasteiger charge is -2.08. The van der Waals surface area contributed by atoms with Gasteiger partial charge in [0, 0.05) is 18.4 Å². The number of nitrogens with two attached hydrogens (primary N) is 1. The Bertz CT molecular complexity index is 745. The topological polar surface area (TPSA) is 106 Å². The maximum Gasteiger partial charge on any atom is 0.240 e. The molecule has 0 fully saturated rings. The summed E-state index contributed by atoms with van der Waals surface area (Å²) in [6, 6.07) is 3.08. The summed E-state index contributed by atoms with van der Waals surface area (Å²) >= 11 is 4.64. The highest BCUT2D eigenvalue weighted by atomic mass is 32.2. The van der Waals surface area contributed by atoms with Crippen LogP contribution < -0.4 is 10.5 Å². The van der Waals surface area contributed by atoms with E-state index >= 15 is 0 Å². The highest BCUT2D eigenvalue weighted by Crippen LogP contribution is 2.15. The molecule has 0 aromatic heterocycles. The number of hydrogen-bond acceptors (Lipinski definition) is 5. The fraction of sp³-hybridized carbons (Fsp3) is 0.364. The van der Waals surface area contributed by atoms with Crippen molar-refractivity contribution in [1.82, 2.24) is 4.72 Å². The van der Waals surface area contributed by atoms with Crippen molar-refractivity contribution < 1.29 is 21.2 Å². The highest BCUT2D eigenvalue weighted by molar-refractivity contribution is 7.90. The van der Waals surface area contributed by atoms with E-state index in [0.717, 1.165) is 24.5 Å². The summed E-state index contributed by atoms with van der Waals surface area (Å²) in [7, 11) is -7.03. The molecule has 0 radical (unpaired) electrons. The molecule has 6 nitrogen and oxygen atoms in total. The number of sulfone groups is 1. The molecule has 1 rings (SSSR count). The van der Waals surface area contributed by atoms with E-state index in [1.165, 1.54) is 0 Å². The first-order valence-corrected chi connectivity index (χ1v) is 9.75. The van der Waals surface area contributed by atoms with E-state index in [0.29, 0.717) is 0 Å². The molecule has 0 saturated carbocycles. The molecule has 3 N–H and O–H groups in total. The molecule has 0 spiro atoms. The third kappa shape index (κ3) is 5.65. The molecule has 1 aromatic rings. The quantitative estimate of drug-likeness (QED) is 0.534. The van der Waals surface area contributed by atoms with Crippen LogP contribution in [0.15, 0.2) is 23.1 Å². The number of sulfonamides is 1. The first-order valence-electron chi connectivity index (χ1n) is 5.80. The Morgan fingerprint density at radius 3 is 2.48 bits per heavy atom. The third-order valence-electron chi connectivity index (χ3n) is 2.50. The van der Waals surface area contributed by atoms with Gasteiger partial charge in [0.15, 0.2) is 0 Å². The monoisotopic (exact) mass is 354 g/mol. The van der Waals surface area contributed by atoms with E-state index in [2.05, 4.69) is 16.9 Å². The number of hydrogen-bond donors (Lipinski definition) is 2. The van der Waals surface area contributed by atoms with Gasteiger partial charge in [0.2, 0.25) is 10.0 Å². The van der Waals surface area contributed by atoms with Gasteiger partial charge in [-0.15, -0.1) is 0 Å². The van der Waals surface area contributed by atoms with E-state index in [4.69, 9.17) is 5.73 Å². The Morgan fingerprint density at radius 2 is 1.95 bits per heavy atom. The first kappa shape index (κ1) is 18.0. The van der Waals surface area contributed by atoms with Crippen molar-refractivity contribution >= 4 is 37.1 Å². The summed E-state index contributed by atoms with van der Waals surface area (Å²) in [6.45, 7) is -0.0464. The van der Waals surface area contributed by atoms with Crippen LogP contribution >= 0.6 is 12.2 Å². The van der Waals surface area contributed by atoms with Crippen LogP contribution in [0.2, 0.25) is 0 Å². The lowest BCUT2D eigenvalue weighted by atomic mass is 10.2. The first-order chi connectivity index (χ1) is 9.53. The molecule has 0 amide bonds. The smallest absolute Gasteiger partial charge is 0.240 e. The van der Waals surface area contributed by atoms with Crippen LogP contribution in [-0.4, -0.2) is 40.4 Å². The van der Waals surface area contributed by atoms with Crippen molar-refractivity contribution in [3.63, 3.8) is 0 Å². The van der Waals surface area contributed by atoms with Gasteiger partial charge in [-0.25, -0.2) is 25.9 Å².